The summed E-state index contributed by atoms with van der Waals surface area (Å²) in [7, 11) is 1.92. The monoisotopic (exact) mass is 163 g/mol. The molecule has 0 radical (unpaired) electrons. The molecule has 0 unspecified atom stereocenters. The molecule has 0 spiro atoms. The van der Waals surface area contributed by atoms with E-state index in [0.717, 1.165) is 23.4 Å². The van der Waals surface area contributed by atoms with Gasteiger partial charge in [0.2, 0.25) is 0 Å². The second-order valence-corrected chi connectivity index (χ2v) is 2.68. The van der Waals surface area contributed by atoms with E-state index in [1.807, 2.05) is 17.7 Å². The van der Waals surface area contributed by atoms with Crippen molar-refractivity contribution in [2.45, 2.75) is 13.3 Å². The fourth-order valence-electron chi connectivity index (χ4n) is 1.33. The number of rotatable bonds is 3. The molecule has 0 atom stereocenters. The molecule has 0 bridgehead atoms. The minimum Gasteiger partial charge on any atom is -0.346 e. The number of hydrogen-bond acceptors (Lipinski definition) is 2. The Morgan fingerprint density at radius 2 is 2.08 bits per heavy atom. The summed E-state index contributed by atoms with van der Waals surface area (Å²) in [4.78, 5) is 0. The molecule has 3 nitrogen and oxygen atoms in total. The second kappa shape index (κ2) is 3.34. The van der Waals surface area contributed by atoms with Crippen LogP contribution in [0.25, 0.3) is 0 Å². The molecule has 1 aromatic heterocycles. The Labute approximate surface area is 72.0 Å². The molecule has 0 saturated heterocycles. The number of nitrogens with one attached hydrogen (secondary N) is 2. The van der Waals surface area contributed by atoms with Crippen LogP contribution in [0.2, 0.25) is 0 Å². The van der Waals surface area contributed by atoms with Gasteiger partial charge in [-0.1, -0.05) is 6.92 Å². The molecule has 0 aromatic carbocycles. The molecule has 0 fully saturated rings. The van der Waals surface area contributed by atoms with E-state index in [1.165, 1.54) is 12.4 Å². The van der Waals surface area contributed by atoms with Crippen LogP contribution in [-0.2, 0) is 13.5 Å². The van der Waals surface area contributed by atoms with Crippen LogP contribution >= 0.6 is 0 Å². The highest BCUT2D eigenvalue weighted by Gasteiger charge is 2.06. The zero-order valence-electron chi connectivity index (χ0n) is 7.39. The maximum Gasteiger partial charge on any atom is 0.0673 e. The number of aromatic nitrogens is 1. The van der Waals surface area contributed by atoms with E-state index in [2.05, 4.69) is 6.92 Å². The molecule has 3 heteroatoms. The summed E-state index contributed by atoms with van der Waals surface area (Å²) >= 11 is 0. The highest BCUT2D eigenvalue weighted by atomic mass is 15.0. The Hall–Kier alpha value is -1.38. The van der Waals surface area contributed by atoms with Gasteiger partial charge in [-0.2, -0.15) is 0 Å². The standard InChI is InChI=1S/C9H13N3/c1-3-8-4-7(5-10)9(6-11)12(8)2/h4-6,10-11H,3H2,1-2H3. The van der Waals surface area contributed by atoms with Gasteiger partial charge in [0.15, 0.2) is 0 Å². The van der Waals surface area contributed by atoms with Crippen molar-refractivity contribution in [1.82, 2.24) is 4.57 Å². The first-order chi connectivity index (χ1) is 5.74. The van der Waals surface area contributed by atoms with Crippen molar-refractivity contribution in [3.63, 3.8) is 0 Å². The fourth-order valence-corrected chi connectivity index (χ4v) is 1.33. The SMILES string of the molecule is CCc1cc(C=N)c(C=N)n1C. The summed E-state index contributed by atoms with van der Waals surface area (Å²) in [5.41, 5.74) is 2.79. The van der Waals surface area contributed by atoms with Crippen molar-refractivity contribution < 1.29 is 0 Å². The quantitative estimate of drug-likeness (QED) is 0.636. The van der Waals surface area contributed by atoms with E-state index in [9.17, 15) is 0 Å². The van der Waals surface area contributed by atoms with E-state index in [4.69, 9.17) is 10.8 Å². The third-order valence-electron chi connectivity index (χ3n) is 2.06. The molecule has 64 valence electrons. The lowest BCUT2D eigenvalue weighted by molar-refractivity contribution is 0.831. The van der Waals surface area contributed by atoms with Gasteiger partial charge in [0.25, 0.3) is 0 Å². The predicted molar refractivity (Wildman–Crippen MR) is 50.6 cm³/mol. The van der Waals surface area contributed by atoms with Gasteiger partial charge < -0.3 is 15.4 Å². The number of aryl methyl sites for hydroxylation is 1. The van der Waals surface area contributed by atoms with Gasteiger partial charge in [-0.3, -0.25) is 0 Å². The zero-order chi connectivity index (χ0) is 9.14. The molecule has 1 aromatic rings. The molecule has 0 aliphatic heterocycles. The van der Waals surface area contributed by atoms with Crippen LogP contribution in [0, 0.1) is 10.8 Å². The Bertz CT molecular complexity index is 310. The van der Waals surface area contributed by atoms with Crippen LogP contribution in [0.1, 0.15) is 23.9 Å². The zero-order valence-corrected chi connectivity index (χ0v) is 7.39. The van der Waals surface area contributed by atoms with Crippen molar-refractivity contribution in [3.8, 4) is 0 Å². The Morgan fingerprint density at radius 3 is 2.42 bits per heavy atom. The van der Waals surface area contributed by atoms with Crippen molar-refractivity contribution in [2.24, 2.45) is 7.05 Å². The highest BCUT2D eigenvalue weighted by Crippen LogP contribution is 2.11. The lowest BCUT2D eigenvalue weighted by atomic mass is 10.2. The first kappa shape index (κ1) is 8.71. The average molecular weight is 163 g/mol. The molecule has 0 aliphatic rings. The minimum atomic E-state index is 0.807. The average Bonchev–Trinajstić information content (AvgIpc) is 2.41. The third kappa shape index (κ3) is 1.18. The molecule has 1 heterocycles. The summed E-state index contributed by atoms with van der Waals surface area (Å²) in [6.45, 7) is 2.07. The Kier molecular flexibility index (Phi) is 2.43. The van der Waals surface area contributed by atoms with Crippen LogP contribution in [0.3, 0.4) is 0 Å². The van der Waals surface area contributed by atoms with Crippen LogP contribution in [-0.4, -0.2) is 17.0 Å². The minimum absolute atomic E-state index is 0.807. The van der Waals surface area contributed by atoms with Crippen LogP contribution in [0.15, 0.2) is 6.07 Å². The lowest BCUT2D eigenvalue weighted by Gasteiger charge is -2.00. The van der Waals surface area contributed by atoms with Gasteiger partial charge in [-0.25, -0.2) is 0 Å². The summed E-state index contributed by atoms with van der Waals surface area (Å²) in [5.74, 6) is 0. The number of hydrogen-bond donors (Lipinski definition) is 2. The van der Waals surface area contributed by atoms with Crippen molar-refractivity contribution in [1.29, 1.82) is 10.8 Å². The Balaban J connectivity index is 3.31. The van der Waals surface area contributed by atoms with Gasteiger partial charge >= 0.3 is 0 Å². The van der Waals surface area contributed by atoms with Crippen LogP contribution in [0.5, 0.6) is 0 Å². The fraction of sp³-hybridized carbons (Fsp3) is 0.333. The molecule has 0 aliphatic carbocycles. The first-order valence-electron chi connectivity index (χ1n) is 3.94. The van der Waals surface area contributed by atoms with Gasteiger partial charge in [-0.15, -0.1) is 0 Å². The predicted octanol–water partition coefficient (Wildman–Crippen LogP) is 1.58. The van der Waals surface area contributed by atoms with Crippen LogP contribution < -0.4 is 0 Å². The van der Waals surface area contributed by atoms with Gasteiger partial charge in [0.1, 0.15) is 0 Å². The molecule has 12 heavy (non-hydrogen) atoms. The topological polar surface area (TPSA) is 52.6 Å². The van der Waals surface area contributed by atoms with Crippen molar-refractivity contribution in [3.05, 3.63) is 23.0 Å². The molecule has 0 amide bonds. The van der Waals surface area contributed by atoms with E-state index < -0.39 is 0 Å². The van der Waals surface area contributed by atoms with Crippen molar-refractivity contribution in [2.75, 3.05) is 0 Å². The molecular formula is C9H13N3. The normalized spacial score (nSPS) is 9.83. The Morgan fingerprint density at radius 1 is 1.42 bits per heavy atom. The molecule has 0 saturated carbocycles. The lowest BCUT2D eigenvalue weighted by Crippen LogP contribution is -2.00. The van der Waals surface area contributed by atoms with E-state index in [-0.39, 0.29) is 0 Å². The third-order valence-corrected chi connectivity index (χ3v) is 2.06. The smallest absolute Gasteiger partial charge is 0.0673 e. The number of nitrogens with zero attached hydrogens (tertiary/aromatic N) is 1. The van der Waals surface area contributed by atoms with E-state index in [1.54, 1.807) is 0 Å². The summed E-state index contributed by atoms with van der Waals surface area (Å²) in [5, 5.41) is 14.3. The van der Waals surface area contributed by atoms with E-state index >= 15 is 0 Å². The second-order valence-electron chi connectivity index (χ2n) is 2.68. The maximum atomic E-state index is 7.17. The molecule has 1 rings (SSSR count). The molecular weight excluding hydrogens is 150 g/mol. The summed E-state index contributed by atoms with van der Waals surface area (Å²) in [6, 6.07) is 1.95. The first-order valence-corrected chi connectivity index (χ1v) is 3.94. The van der Waals surface area contributed by atoms with Crippen LogP contribution in [0.4, 0.5) is 0 Å². The summed E-state index contributed by atoms with van der Waals surface area (Å²) < 4.78 is 1.95. The maximum absolute atomic E-state index is 7.17. The van der Waals surface area contributed by atoms with Crippen molar-refractivity contribution >= 4 is 12.4 Å². The highest BCUT2D eigenvalue weighted by molar-refractivity contribution is 5.91. The van der Waals surface area contributed by atoms with E-state index in [0.29, 0.717) is 0 Å². The van der Waals surface area contributed by atoms with Gasteiger partial charge in [-0.05, 0) is 12.5 Å². The largest absolute Gasteiger partial charge is 0.346 e. The molecule has 2 N–H and O–H groups in total. The van der Waals surface area contributed by atoms with Gasteiger partial charge in [0.05, 0.1) is 5.69 Å². The van der Waals surface area contributed by atoms with Gasteiger partial charge in [0, 0.05) is 30.7 Å². The summed E-state index contributed by atoms with van der Waals surface area (Å²) in [6.07, 6.45) is 3.52.